The van der Waals surface area contributed by atoms with Crippen LogP contribution in [0, 0.1) is 0 Å². The second-order valence-corrected chi connectivity index (χ2v) is 7.07. The molecule has 0 unspecified atom stereocenters. The molecule has 5 N–H and O–H groups in total. The van der Waals surface area contributed by atoms with E-state index in [-0.39, 0.29) is 11.7 Å². The average molecular weight is 432 g/mol. The molecule has 29 heavy (non-hydrogen) atoms. The molecule has 0 saturated heterocycles. The molecule has 0 saturated carbocycles. The Morgan fingerprint density at radius 3 is 2.79 bits per heavy atom. The number of anilines is 1. The molecule has 0 bridgehead atoms. The molecule has 11 heteroatoms. The van der Waals surface area contributed by atoms with Gasteiger partial charge in [0.15, 0.2) is 0 Å². The minimum Gasteiger partial charge on any atom is -0.488 e. The number of hydrazone groups is 1. The van der Waals surface area contributed by atoms with Crippen LogP contribution in [0.15, 0.2) is 58.8 Å². The molecule has 1 heterocycles. The highest BCUT2D eigenvalue weighted by Crippen LogP contribution is 2.21. The predicted octanol–water partition coefficient (Wildman–Crippen LogP) is 2.25. The second-order valence-electron chi connectivity index (χ2n) is 5.72. The van der Waals surface area contributed by atoms with Crippen molar-refractivity contribution in [3.05, 3.63) is 64.7 Å². The van der Waals surface area contributed by atoms with Gasteiger partial charge in [-0.1, -0.05) is 53.7 Å². The SMILES string of the molecule is NC(=O)CSc1nnc(N/N=C/c2ccccc2OCc2ccccc2Cl)n1N. The molecule has 0 spiro atoms. The van der Waals surface area contributed by atoms with Gasteiger partial charge >= 0.3 is 0 Å². The topological polar surface area (TPSA) is 133 Å². The van der Waals surface area contributed by atoms with Crippen molar-refractivity contribution in [3.8, 4) is 5.75 Å². The molecule has 0 aliphatic heterocycles. The van der Waals surface area contributed by atoms with Crippen molar-refractivity contribution >= 4 is 41.4 Å². The molecule has 3 rings (SSSR count). The Morgan fingerprint density at radius 1 is 1.24 bits per heavy atom. The summed E-state index contributed by atoms with van der Waals surface area (Å²) in [6.45, 7) is 0.329. The number of carbonyl (C=O) groups excluding carboxylic acids is 1. The van der Waals surface area contributed by atoms with Crippen LogP contribution in [-0.4, -0.2) is 32.7 Å². The Bertz CT molecular complexity index is 1020. The fraction of sp³-hybridized carbons (Fsp3) is 0.111. The van der Waals surface area contributed by atoms with Crippen molar-refractivity contribution in [2.75, 3.05) is 17.0 Å². The lowest BCUT2D eigenvalue weighted by atomic mass is 10.2. The van der Waals surface area contributed by atoms with Gasteiger partial charge in [0, 0.05) is 16.1 Å². The van der Waals surface area contributed by atoms with E-state index < -0.39 is 5.91 Å². The van der Waals surface area contributed by atoms with Crippen LogP contribution in [0.4, 0.5) is 5.95 Å². The fourth-order valence-corrected chi connectivity index (χ4v) is 3.02. The minimum atomic E-state index is -0.473. The number of ether oxygens (including phenoxy) is 1. The van der Waals surface area contributed by atoms with Crippen molar-refractivity contribution in [1.82, 2.24) is 14.9 Å². The summed E-state index contributed by atoms with van der Waals surface area (Å²) in [5.74, 6) is 6.30. The number of rotatable bonds is 9. The molecule has 0 atom stereocenters. The summed E-state index contributed by atoms with van der Waals surface area (Å²) in [4.78, 5) is 10.9. The number of hydrogen-bond acceptors (Lipinski definition) is 8. The normalized spacial score (nSPS) is 10.9. The Morgan fingerprint density at radius 2 is 2.00 bits per heavy atom. The van der Waals surface area contributed by atoms with Gasteiger partial charge in [-0.2, -0.15) is 5.10 Å². The Labute approximate surface area is 176 Å². The smallest absolute Gasteiger partial charge is 0.264 e. The molecular weight excluding hydrogens is 414 g/mol. The molecule has 1 amide bonds. The zero-order chi connectivity index (χ0) is 20.6. The molecule has 9 nitrogen and oxygen atoms in total. The van der Waals surface area contributed by atoms with E-state index in [4.69, 9.17) is 27.9 Å². The summed E-state index contributed by atoms with van der Waals surface area (Å²) in [6, 6.07) is 14.9. The number of primary amides is 1. The number of carbonyl (C=O) groups is 1. The highest BCUT2D eigenvalue weighted by atomic mass is 35.5. The van der Waals surface area contributed by atoms with Gasteiger partial charge in [-0.25, -0.2) is 10.1 Å². The van der Waals surface area contributed by atoms with Gasteiger partial charge in [-0.3, -0.25) is 4.79 Å². The number of nitrogens with one attached hydrogen (secondary N) is 1. The number of benzene rings is 2. The van der Waals surface area contributed by atoms with E-state index in [0.29, 0.717) is 22.5 Å². The predicted molar refractivity (Wildman–Crippen MR) is 114 cm³/mol. The van der Waals surface area contributed by atoms with Gasteiger partial charge in [-0.15, -0.1) is 10.2 Å². The third kappa shape index (κ3) is 5.62. The Balaban J connectivity index is 1.64. The first kappa shape index (κ1) is 20.5. The molecule has 2 aromatic carbocycles. The van der Waals surface area contributed by atoms with Crippen LogP contribution in [-0.2, 0) is 11.4 Å². The van der Waals surface area contributed by atoms with Gasteiger partial charge < -0.3 is 16.3 Å². The summed E-state index contributed by atoms with van der Waals surface area (Å²) in [5.41, 5.74) is 9.45. The number of hydrogen-bond donors (Lipinski definition) is 3. The Kier molecular flexibility index (Phi) is 6.93. The maximum Gasteiger partial charge on any atom is 0.264 e. The van der Waals surface area contributed by atoms with Crippen LogP contribution in [0.25, 0.3) is 0 Å². The van der Waals surface area contributed by atoms with Crippen molar-refractivity contribution in [2.24, 2.45) is 10.8 Å². The zero-order valence-electron chi connectivity index (χ0n) is 15.2. The van der Waals surface area contributed by atoms with E-state index in [1.54, 1.807) is 6.21 Å². The molecule has 1 aromatic heterocycles. The molecule has 150 valence electrons. The fourth-order valence-electron chi connectivity index (χ4n) is 2.24. The van der Waals surface area contributed by atoms with Crippen LogP contribution >= 0.6 is 23.4 Å². The van der Waals surface area contributed by atoms with E-state index in [2.05, 4.69) is 20.7 Å². The summed E-state index contributed by atoms with van der Waals surface area (Å²) < 4.78 is 7.07. The number of aromatic nitrogens is 3. The lowest BCUT2D eigenvalue weighted by Crippen LogP contribution is -2.16. The van der Waals surface area contributed by atoms with Gasteiger partial charge in [0.1, 0.15) is 12.4 Å². The molecule has 0 radical (unpaired) electrons. The van der Waals surface area contributed by atoms with Crippen LogP contribution in [0.1, 0.15) is 11.1 Å². The number of para-hydroxylation sites is 1. The lowest BCUT2D eigenvalue weighted by Gasteiger charge is -2.10. The van der Waals surface area contributed by atoms with Gasteiger partial charge in [-0.05, 0) is 18.2 Å². The molecule has 0 aliphatic carbocycles. The van der Waals surface area contributed by atoms with Gasteiger partial charge in [0.2, 0.25) is 11.1 Å². The first-order chi connectivity index (χ1) is 14.0. The molecule has 0 fully saturated rings. The average Bonchev–Trinajstić information content (AvgIpc) is 3.06. The summed E-state index contributed by atoms with van der Waals surface area (Å²) in [6.07, 6.45) is 1.58. The highest BCUT2D eigenvalue weighted by molar-refractivity contribution is 7.99. The number of nitrogens with two attached hydrogens (primary N) is 2. The van der Waals surface area contributed by atoms with E-state index in [1.807, 2.05) is 48.5 Å². The highest BCUT2D eigenvalue weighted by Gasteiger charge is 2.10. The van der Waals surface area contributed by atoms with Crippen molar-refractivity contribution in [2.45, 2.75) is 11.8 Å². The quantitative estimate of drug-likeness (QED) is 0.205. The van der Waals surface area contributed by atoms with Gasteiger partial charge in [0.05, 0.1) is 12.0 Å². The van der Waals surface area contributed by atoms with Crippen LogP contribution in [0.3, 0.4) is 0 Å². The minimum absolute atomic E-state index is 0.0503. The standard InChI is InChI=1S/C18H18ClN7O2S/c19-14-7-3-1-6-13(14)10-28-15-8-4-2-5-12(15)9-22-23-17-24-25-18(26(17)21)29-11-16(20)27/h1-9H,10-11,21H2,(H2,20,27)(H,23,24)/b22-9+. The monoisotopic (exact) mass is 431 g/mol. The molecule has 3 aromatic rings. The van der Waals surface area contributed by atoms with Crippen LogP contribution in [0.5, 0.6) is 5.75 Å². The van der Waals surface area contributed by atoms with Gasteiger partial charge in [0.25, 0.3) is 5.95 Å². The summed E-state index contributed by atoms with van der Waals surface area (Å²) >= 11 is 7.25. The zero-order valence-corrected chi connectivity index (χ0v) is 16.7. The van der Waals surface area contributed by atoms with Crippen molar-refractivity contribution < 1.29 is 9.53 Å². The number of amides is 1. The maximum atomic E-state index is 10.9. The Hall–Kier alpha value is -3.24. The van der Waals surface area contributed by atoms with E-state index >= 15 is 0 Å². The number of nitrogen functional groups attached to an aromatic ring is 1. The number of halogens is 1. The van der Waals surface area contributed by atoms with Crippen molar-refractivity contribution in [3.63, 3.8) is 0 Å². The first-order valence-electron chi connectivity index (χ1n) is 8.40. The van der Waals surface area contributed by atoms with E-state index in [1.165, 1.54) is 4.68 Å². The maximum absolute atomic E-state index is 10.9. The summed E-state index contributed by atoms with van der Waals surface area (Å²) in [5, 5.41) is 12.9. The van der Waals surface area contributed by atoms with E-state index in [9.17, 15) is 4.79 Å². The first-order valence-corrected chi connectivity index (χ1v) is 9.77. The van der Waals surface area contributed by atoms with E-state index in [0.717, 1.165) is 22.9 Å². The third-order valence-corrected chi connectivity index (χ3v) is 4.97. The number of nitrogens with zero attached hydrogens (tertiary/aromatic N) is 4. The largest absolute Gasteiger partial charge is 0.488 e. The third-order valence-electron chi connectivity index (χ3n) is 3.64. The van der Waals surface area contributed by atoms with Crippen molar-refractivity contribution in [1.29, 1.82) is 0 Å². The lowest BCUT2D eigenvalue weighted by molar-refractivity contribution is -0.115. The van der Waals surface area contributed by atoms with Crippen LogP contribution in [0.2, 0.25) is 5.02 Å². The molecular formula is C18H18ClN7O2S. The number of thioether (sulfide) groups is 1. The van der Waals surface area contributed by atoms with Crippen LogP contribution < -0.4 is 21.7 Å². The second kappa shape index (κ2) is 9.80. The molecule has 0 aliphatic rings. The summed E-state index contributed by atoms with van der Waals surface area (Å²) in [7, 11) is 0.